The van der Waals surface area contributed by atoms with Gasteiger partial charge < -0.3 is 15.7 Å². The van der Waals surface area contributed by atoms with Crippen molar-refractivity contribution in [2.75, 3.05) is 18.0 Å². The van der Waals surface area contributed by atoms with Crippen molar-refractivity contribution in [1.29, 1.82) is 0 Å². The number of rotatable bonds is 1. The third-order valence-electron chi connectivity index (χ3n) is 5.50. The van der Waals surface area contributed by atoms with Crippen LogP contribution >= 0.6 is 0 Å². The first-order valence-electron chi connectivity index (χ1n) is 8.19. The smallest absolute Gasteiger partial charge is 0.132 e. The number of hydrogen-bond donors (Lipinski definition) is 2. The normalized spacial score (nSPS) is 25.6. The summed E-state index contributed by atoms with van der Waals surface area (Å²) in [7, 11) is 0. The number of aromatic nitrogens is 2. The van der Waals surface area contributed by atoms with Gasteiger partial charge in [-0.05, 0) is 37.0 Å². The zero-order valence-corrected chi connectivity index (χ0v) is 13.3. The molecule has 2 heterocycles. The fraction of sp³-hybridized carbons (Fsp3) is 0.444. The average molecular weight is 310 g/mol. The summed E-state index contributed by atoms with van der Waals surface area (Å²) in [5.41, 5.74) is 8.40. The molecule has 1 fully saturated rings. The Morgan fingerprint density at radius 2 is 1.96 bits per heavy atom. The van der Waals surface area contributed by atoms with Crippen LogP contribution in [0.2, 0.25) is 0 Å². The molecule has 5 nitrogen and oxygen atoms in total. The Labute approximate surface area is 136 Å². The number of nitrogens with zero attached hydrogens (tertiary/aromatic N) is 3. The summed E-state index contributed by atoms with van der Waals surface area (Å²) in [6.45, 7) is 3.65. The van der Waals surface area contributed by atoms with Gasteiger partial charge in [0, 0.05) is 24.7 Å². The number of benzene rings is 1. The minimum atomic E-state index is -0.505. The number of aryl methyl sites for hydroxylation is 1. The molecule has 3 N–H and O–H groups in total. The largest absolute Gasteiger partial charge is 0.390 e. The van der Waals surface area contributed by atoms with Crippen molar-refractivity contribution in [3.63, 3.8) is 0 Å². The first-order valence-corrected chi connectivity index (χ1v) is 8.19. The summed E-state index contributed by atoms with van der Waals surface area (Å²) in [6, 6.07) is 9.91. The van der Waals surface area contributed by atoms with E-state index in [1.807, 2.05) is 25.1 Å². The van der Waals surface area contributed by atoms with Crippen molar-refractivity contribution < 1.29 is 5.11 Å². The maximum Gasteiger partial charge on any atom is 0.132 e. The number of fused-ring (bicyclic) bond motifs is 2. The lowest BCUT2D eigenvalue weighted by atomic mass is 9.72. The fourth-order valence-corrected chi connectivity index (χ4v) is 4.23. The molecule has 2 atom stereocenters. The van der Waals surface area contributed by atoms with E-state index in [1.165, 1.54) is 5.56 Å². The van der Waals surface area contributed by atoms with Gasteiger partial charge in [-0.25, -0.2) is 9.97 Å². The molecule has 2 aromatic rings. The highest BCUT2D eigenvalue weighted by molar-refractivity contribution is 5.47. The molecule has 1 saturated heterocycles. The third kappa shape index (κ3) is 2.15. The van der Waals surface area contributed by atoms with Crippen LogP contribution in [0.3, 0.4) is 0 Å². The van der Waals surface area contributed by atoms with Crippen LogP contribution in [0.5, 0.6) is 0 Å². The predicted molar refractivity (Wildman–Crippen MR) is 89.3 cm³/mol. The van der Waals surface area contributed by atoms with Gasteiger partial charge in [-0.2, -0.15) is 0 Å². The fourth-order valence-electron chi connectivity index (χ4n) is 4.23. The number of nitrogens with two attached hydrogens (primary N) is 1. The highest BCUT2D eigenvalue weighted by Crippen LogP contribution is 2.50. The highest BCUT2D eigenvalue weighted by Gasteiger charge is 2.51. The van der Waals surface area contributed by atoms with E-state index < -0.39 is 6.10 Å². The van der Waals surface area contributed by atoms with Gasteiger partial charge in [0.25, 0.3) is 0 Å². The lowest BCUT2D eigenvalue weighted by Gasteiger charge is -2.43. The maximum atomic E-state index is 10.8. The van der Waals surface area contributed by atoms with Crippen LogP contribution < -0.4 is 10.6 Å². The molecule has 5 heteroatoms. The van der Waals surface area contributed by atoms with Crippen molar-refractivity contribution in [1.82, 2.24) is 9.97 Å². The lowest BCUT2D eigenvalue weighted by Crippen LogP contribution is -2.49. The average Bonchev–Trinajstić information content (AvgIpc) is 2.79. The molecule has 4 rings (SSSR count). The molecule has 0 amide bonds. The van der Waals surface area contributed by atoms with Gasteiger partial charge in [0.2, 0.25) is 0 Å². The summed E-state index contributed by atoms with van der Waals surface area (Å²) in [5, 5.41) is 10.8. The second-order valence-electron chi connectivity index (χ2n) is 6.66. The topological polar surface area (TPSA) is 75.3 Å². The Morgan fingerprint density at radius 3 is 2.70 bits per heavy atom. The van der Waals surface area contributed by atoms with E-state index in [2.05, 4.69) is 27.0 Å². The zero-order valence-electron chi connectivity index (χ0n) is 13.3. The number of anilines is 1. The molecule has 0 unspecified atom stereocenters. The van der Waals surface area contributed by atoms with Crippen LogP contribution in [-0.4, -0.2) is 34.3 Å². The first-order chi connectivity index (χ1) is 11.1. The second kappa shape index (κ2) is 5.28. The molecule has 1 aromatic heterocycles. The van der Waals surface area contributed by atoms with Crippen LogP contribution in [0.4, 0.5) is 5.82 Å². The van der Waals surface area contributed by atoms with Gasteiger partial charge in [-0.15, -0.1) is 0 Å². The number of hydrogen-bond acceptors (Lipinski definition) is 5. The van der Waals surface area contributed by atoms with Gasteiger partial charge in [0.05, 0.1) is 12.1 Å². The SMILES string of the molecule is Cc1nccc(N2CCC3(CC2)c2ccccc2[C@@H](N)[C@@H]3O)n1. The van der Waals surface area contributed by atoms with Crippen molar-refractivity contribution in [2.24, 2.45) is 5.73 Å². The molecule has 0 radical (unpaired) electrons. The highest BCUT2D eigenvalue weighted by atomic mass is 16.3. The molecule has 120 valence electrons. The Balaban J connectivity index is 1.62. The number of aliphatic hydroxyl groups is 1. The Kier molecular flexibility index (Phi) is 3.36. The van der Waals surface area contributed by atoms with Crippen molar-refractivity contribution in [2.45, 2.75) is 37.3 Å². The minimum absolute atomic E-state index is 0.214. The van der Waals surface area contributed by atoms with E-state index in [9.17, 15) is 5.11 Å². The van der Waals surface area contributed by atoms with Crippen molar-refractivity contribution in [3.8, 4) is 0 Å². The van der Waals surface area contributed by atoms with Crippen LogP contribution in [0.25, 0.3) is 0 Å². The van der Waals surface area contributed by atoms with Gasteiger partial charge in [-0.1, -0.05) is 24.3 Å². The van der Waals surface area contributed by atoms with Gasteiger partial charge in [0.15, 0.2) is 0 Å². The monoisotopic (exact) mass is 310 g/mol. The predicted octanol–water partition coefficient (Wildman–Crippen LogP) is 1.70. The summed E-state index contributed by atoms with van der Waals surface area (Å²) >= 11 is 0. The molecular weight excluding hydrogens is 288 g/mol. The molecule has 2 aliphatic rings. The van der Waals surface area contributed by atoms with E-state index in [4.69, 9.17) is 5.73 Å². The Bertz CT molecular complexity index is 724. The van der Waals surface area contributed by atoms with E-state index in [-0.39, 0.29) is 11.5 Å². The molecule has 1 aromatic carbocycles. The van der Waals surface area contributed by atoms with E-state index >= 15 is 0 Å². The maximum absolute atomic E-state index is 10.8. The van der Waals surface area contributed by atoms with Crippen LogP contribution in [0.15, 0.2) is 36.5 Å². The third-order valence-corrected chi connectivity index (χ3v) is 5.50. The standard InChI is InChI=1S/C18H22N4O/c1-12-20-9-6-15(21-12)22-10-7-18(8-11-22)14-5-3-2-4-13(14)16(19)17(18)23/h2-6,9,16-17,23H,7-8,10-11,19H2,1H3/t16-,17+/m1/s1. The summed E-state index contributed by atoms with van der Waals surface area (Å²) in [5.74, 6) is 1.76. The van der Waals surface area contributed by atoms with Gasteiger partial charge in [-0.3, -0.25) is 0 Å². The second-order valence-corrected chi connectivity index (χ2v) is 6.66. The number of piperidine rings is 1. The minimum Gasteiger partial charge on any atom is -0.390 e. The molecule has 1 spiro atoms. The molecular formula is C18H22N4O. The lowest BCUT2D eigenvalue weighted by molar-refractivity contribution is 0.0582. The Hall–Kier alpha value is -1.98. The van der Waals surface area contributed by atoms with Gasteiger partial charge in [0.1, 0.15) is 11.6 Å². The molecule has 1 aliphatic carbocycles. The molecule has 0 bridgehead atoms. The molecule has 0 saturated carbocycles. The Morgan fingerprint density at radius 1 is 1.22 bits per heavy atom. The van der Waals surface area contributed by atoms with E-state index in [0.717, 1.165) is 43.1 Å². The quantitative estimate of drug-likeness (QED) is 0.838. The van der Waals surface area contributed by atoms with Crippen LogP contribution in [0.1, 0.15) is 35.8 Å². The van der Waals surface area contributed by atoms with Crippen molar-refractivity contribution >= 4 is 5.82 Å². The first kappa shape index (κ1) is 14.6. The van der Waals surface area contributed by atoms with Crippen molar-refractivity contribution in [3.05, 3.63) is 53.5 Å². The van der Waals surface area contributed by atoms with Crippen LogP contribution in [0, 0.1) is 6.92 Å². The summed E-state index contributed by atoms with van der Waals surface area (Å²) in [6.07, 6.45) is 3.08. The molecule has 1 aliphatic heterocycles. The zero-order chi connectivity index (χ0) is 16.0. The number of aliphatic hydroxyl groups excluding tert-OH is 1. The molecule has 23 heavy (non-hydrogen) atoms. The van der Waals surface area contributed by atoms with Crippen LogP contribution in [-0.2, 0) is 5.41 Å². The summed E-state index contributed by atoms with van der Waals surface area (Å²) < 4.78 is 0. The summed E-state index contributed by atoms with van der Waals surface area (Å²) in [4.78, 5) is 11.0. The van der Waals surface area contributed by atoms with E-state index in [0.29, 0.717) is 0 Å². The van der Waals surface area contributed by atoms with Gasteiger partial charge >= 0.3 is 0 Å². The van der Waals surface area contributed by atoms with E-state index in [1.54, 1.807) is 6.20 Å².